The van der Waals surface area contributed by atoms with Gasteiger partial charge in [-0.3, -0.25) is 0 Å². The number of hydrogen-bond acceptors (Lipinski definition) is 4. The molecule has 29 heavy (non-hydrogen) atoms. The highest BCUT2D eigenvalue weighted by Crippen LogP contribution is 2.41. The van der Waals surface area contributed by atoms with Gasteiger partial charge in [-0.1, -0.05) is 66.7 Å². The second kappa shape index (κ2) is 8.78. The average Bonchev–Trinajstić information content (AvgIpc) is 2.80. The molecule has 0 saturated carbocycles. The van der Waals surface area contributed by atoms with Gasteiger partial charge in [-0.2, -0.15) is 0 Å². The lowest BCUT2D eigenvalue weighted by molar-refractivity contribution is -0.0972. The van der Waals surface area contributed by atoms with Crippen LogP contribution in [0.2, 0.25) is 0 Å². The van der Waals surface area contributed by atoms with Crippen LogP contribution in [0.4, 0.5) is 0 Å². The van der Waals surface area contributed by atoms with E-state index in [1.165, 1.54) is 0 Å². The normalized spacial score (nSPS) is 20.2. The summed E-state index contributed by atoms with van der Waals surface area (Å²) in [6, 6.07) is 26.2. The molecule has 1 aliphatic rings. The number of methoxy groups -OCH3 is 1. The molecule has 3 aromatic carbocycles. The number of aliphatic hydroxyl groups excluding tert-OH is 1. The Morgan fingerprint density at radius 3 is 2.41 bits per heavy atom. The Hall–Kier alpha value is -2.66. The van der Waals surface area contributed by atoms with E-state index in [0.717, 1.165) is 34.5 Å². The summed E-state index contributed by atoms with van der Waals surface area (Å²) in [5.74, 6) is 0.830. The van der Waals surface area contributed by atoms with E-state index in [1.54, 1.807) is 7.11 Å². The van der Waals surface area contributed by atoms with E-state index >= 15 is 0 Å². The molecule has 1 aliphatic heterocycles. The van der Waals surface area contributed by atoms with E-state index < -0.39 is 11.7 Å². The first-order valence-electron chi connectivity index (χ1n) is 10.0. The molecule has 1 fully saturated rings. The zero-order chi connectivity index (χ0) is 20.1. The smallest absolute Gasteiger partial charge is 0.118 e. The van der Waals surface area contributed by atoms with E-state index in [2.05, 4.69) is 29.6 Å². The Kier molecular flexibility index (Phi) is 5.95. The molecule has 2 atom stereocenters. The monoisotopic (exact) mass is 389 g/mol. The van der Waals surface area contributed by atoms with Crippen molar-refractivity contribution in [2.75, 3.05) is 26.8 Å². The second-order valence-corrected chi connectivity index (χ2v) is 7.42. The molecule has 0 spiro atoms. The van der Waals surface area contributed by atoms with Gasteiger partial charge >= 0.3 is 0 Å². The van der Waals surface area contributed by atoms with Crippen molar-refractivity contribution >= 4 is 0 Å². The highest BCUT2D eigenvalue weighted by molar-refractivity contribution is 5.69. The summed E-state index contributed by atoms with van der Waals surface area (Å²) >= 11 is 0. The molecule has 0 aromatic heterocycles. The van der Waals surface area contributed by atoms with Gasteiger partial charge in [0.2, 0.25) is 0 Å². The fourth-order valence-electron chi connectivity index (χ4n) is 4.08. The molecule has 4 nitrogen and oxygen atoms in total. The van der Waals surface area contributed by atoms with Crippen molar-refractivity contribution in [1.29, 1.82) is 0 Å². The third-order valence-electron chi connectivity index (χ3n) is 5.59. The number of nitrogens with one attached hydrogen (secondary N) is 1. The summed E-state index contributed by atoms with van der Waals surface area (Å²) in [4.78, 5) is 0. The van der Waals surface area contributed by atoms with Crippen LogP contribution in [-0.4, -0.2) is 31.9 Å². The number of morpholine rings is 1. The van der Waals surface area contributed by atoms with Gasteiger partial charge in [0, 0.05) is 19.5 Å². The summed E-state index contributed by atoms with van der Waals surface area (Å²) in [6.07, 6.45) is -0.128. The molecule has 0 aliphatic carbocycles. The lowest BCUT2D eigenvalue weighted by Gasteiger charge is -2.41. The molecule has 0 radical (unpaired) electrons. The molecular formula is C25H27NO3. The topological polar surface area (TPSA) is 50.7 Å². The highest BCUT2D eigenvalue weighted by atomic mass is 16.5. The van der Waals surface area contributed by atoms with Crippen molar-refractivity contribution in [2.45, 2.75) is 18.1 Å². The third-order valence-corrected chi connectivity index (χ3v) is 5.59. The lowest BCUT2D eigenvalue weighted by atomic mass is 9.81. The van der Waals surface area contributed by atoms with Gasteiger partial charge in [-0.15, -0.1) is 0 Å². The van der Waals surface area contributed by atoms with Gasteiger partial charge in [0.15, 0.2) is 0 Å². The van der Waals surface area contributed by atoms with Crippen molar-refractivity contribution < 1.29 is 14.6 Å². The molecule has 0 bridgehead atoms. The van der Waals surface area contributed by atoms with Crippen LogP contribution in [-0.2, 0) is 10.3 Å². The largest absolute Gasteiger partial charge is 0.497 e. The predicted octanol–water partition coefficient (Wildman–Crippen LogP) is 4.30. The first-order valence-corrected chi connectivity index (χ1v) is 10.0. The van der Waals surface area contributed by atoms with Crippen molar-refractivity contribution in [2.24, 2.45) is 0 Å². The average molecular weight is 389 g/mol. The fraction of sp³-hybridized carbons (Fsp3) is 0.280. The van der Waals surface area contributed by atoms with Gasteiger partial charge in [0.1, 0.15) is 11.4 Å². The molecule has 4 rings (SSSR count). The molecule has 2 N–H and O–H groups in total. The van der Waals surface area contributed by atoms with E-state index in [0.29, 0.717) is 19.6 Å². The Labute approximate surface area is 172 Å². The minimum atomic E-state index is -0.611. The van der Waals surface area contributed by atoms with Gasteiger partial charge < -0.3 is 19.9 Å². The maximum Gasteiger partial charge on any atom is 0.118 e. The van der Waals surface area contributed by atoms with Crippen molar-refractivity contribution in [3.8, 4) is 16.9 Å². The van der Waals surface area contributed by atoms with Crippen molar-refractivity contribution in [1.82, 2.24) is 5.32 Å². The Morgan fingerprint density at radius 2 is 1.72 bits per heavy atom. The second-order valence-electron chi connectivity index (χ2n) is 7.42. The Balaban J connectivity index is 1.74. The van der Waals surface area contributed by atoms with E-state index in [4.69, 9.17) is 9.47 Å². The van der Waals surface area contributed by atoms with Crippen molar-refractivity contribution in [3.63, 3.8) is 0 Å². The first kappa shape index (κ1) is 19.6. The van der Waals surface area contributed by atoms with Crippen LogP contribution in [0.1, 0.15) is 23.7 Å². The molecule has 2 unspecified atom stereocenters. The van der Waals surface area contributed by atoms with E-state index in [9.17, 15) is 5.11 Å². The van der Waals surface area contributed by atoms with Crippen LogP contribution in [0.15, 0.2) is 78.9 Å². The zero-order valence-electron chi connectivity index (χ0n) is 16.7. The molecule has 3 aromatic rings. The predicted molar refractivity (Wildman–Crippen MR) is 115 cm³/mol. The molecule has 0 amide bonds. The molecule has 4 heteroatoms. The quantitative estimate of drug-likeness (QED) is 0.660. The Morgan fingerprint density at radius 1 is 1.00 bits per heavy atom. The molecule has 1 heterocycles. The van der Waals surface area contributed by atoms with Crippen LogP contribution in [0.25, 0.3) is 11.1 Å². The minimum Gasteiger partial charge on any atom is -0.497 e. The summed E-state index contributed by atoms with van der Waals surface area (Å²) in [5.41, 5.74) is 3.60. The summed E-state index contributed by atoms with van der Waals surface area (Å²) in [6.45, 7) is 2.08. The van der Waals surface area contributed by atoms with Crippen LogP contribution in [0, 0.1) is 0 Å². The minimum absolute atomic E-state index is 0.483. The number of hydrogen-bond donors (Lipinski definition) is 2. The summed E-state index contributed by atoms with van der Waals surface area (Å²) < 4.78 is 11.7. The van der Waals surface area contributed by atoms with Gasteiger partial charge in [-0.05, 0) is 34.4 Å². The van der Waals surface area contributed by atoms with E-state index in [1.807, 2.05) is 54.6 Å². The Bertz CT molecular complexity index is 918. The SMILES string of the molecule is COc1ccc(-c2ccccc2C2(CC(O)c3ccccc3)CNCCO2)cc1. The number of benzene rings is 3. The van der Waals surface area contributed by atoms with Crippen LogP contribution in [0.3, 0.4) is 0 Å². The van der Waals surface area contributed by atoms with Crippen LogP contribution in [0.5, 0.6) is 5.75 Å². The maximum atomic E-state index is 11.0. The fourth-order valence-corrected chi connectivity index (χ4v) is 4.08. The zero-order valence-corrected chi connectivity index (χ0v) is 16.7. The van der Waals surface area contributed by atoms with E-state index in [-0.39, 0.29) is 0 Å². The van der Waals surface area contributed by atoms with Gasteiger partial charge in [0.25, 0.3) is 0 Å². The lowest BCUT2D eigenvalue weighted by Crippen LogP contribution is -2.48. The summed E-state index contributed by atoms with van der Waals surface area (Å²) in [5, 5.41) is 14.5. The number of rotatable bonds is 6. The maximum absolute atomic E-state index is 11.0. The number of ether oxygens (including phenoxy) is 2. The highest BCUT2D eigenvalue weighted by Gasteiger charge is 2.39. The number of aliphatic hydroxyl groups is 1. The standard InChI is InChI=1S/C25H27NO3/c1-28-21-13-11-19(12-14-21)22-9-5-6-10-23(22)25(18-26-15-16-29-25)17-24(27)20-7-3-2-4-8-20/h2-14,24,26-27H,15-18H2,1H3. The van der Waals surface area contributed by atoms with Crippen molar-refractivity contribution in [3.05, 3.63) is 90.0 Å². The molecule has 1 saturated heterocycles. The first-order chi connectivity index (χ1) is 14.2. The van der Waals surface area contributed by atoms with Gasteiger partial charge in [-0.25, -0.2) is 0 Å². The molecular weight excluding hydrogens is 362 g/mol. The van der Waals surface area contributed by atoms with Crippen LogP contribution < -0.4 is 10.1 Å². The molecule has 150 valence electrons. The van der Waals surface area contributed by atoms with Crippen LogP contribution >= 0.6 is 0 Å². The third kappa shape index (κ3) is 4.20. The van der Waals surface area contributed by atoms with Gasteiger partial charge in [0.05, 0.1) is 19.8 Å². The summed E-state index contributed by atoms with van der Waals surface area (Å²) in [7, 11) is 1.67.